The van der Waals surface area contributed by atoms with Gasteiger partial charge in [-0.1, -0.05) is 36.7 Å². The van der Waals surface area contributed by atoms with E-state index in [0.29, 0.717) is 17.4 Å². The maximum Gasteiger partial charge on any atom is 0.230 e. The van der Waals surface area contributed by atoms with Gasteiger partial charge in [0, 0.05) is 6.04 Å². The van der Waals surface area contributed by atoms with Gasteiger partial charge in [0.25, 0.3) is 0 Å². The Kier molecular flexibility index (Phi) is 4.10. The lowest BCUT2D eigenvalue weighted by Crippen LogP contribution is -2.33. The van der Waals surface area contributed by atoms with Crippen LogP contribution in [0.3, 0.4) is 0 Å². The highest BCUT2D eigenvalue weighted by Gasteiger charge is 2.18. The SMILES string of the molecule is Cc1nnc2c(SCC(=O)NC3CCCC3)nc3ccccc3n12. The van der Waals surface area contributed by atoms with Gasteiger partial charge in [0.05, 0.1) is 16.8 Å². The minimum absolute atomic E-state index is 0.0660. The van der Waals surface area contributed by atoms with Crippen LogP contribution < -0.4 is 5.32 Å². The molecule has 3 aromatic rings. The topological polar surface area (TPSA) is 72.2 Å². The number of carbonyl (C=O) groups excluding carboxylic acids is 1. The number of rotatable bonds is 4. The second-order valence-corrected chi connectivity index (χ2v) is 7.11. The van der Waals surface area contributed by atoms with Gasteiger partial charge < -0.3 is 5.32 Å². The molecular weight excluding hydrogens is 322 g/mol. The van der Waals surface area contributed by atoms with Gasteiger partial charge in [-0.25, -0.2) is 4.98 Å². The summed E-state index contributed by atoms with van der Waals surface area (Å²) in [7, 11) is 0. The van der Waals surface area contributed by atoms with E-state index in [9.17, 15) is 4.79 Å². The predicted molar refractivity (Wildman–Crippen MR) is 94.1 cm³/mol. The Morgan fingerprint density at radius 3 is 2.92 bits per heavy atom. The second-order valence-electron chi connectivity index (χ2n) is 6.15. The van der Waals surface area contributed by atoms with Gasteiger partial charge in [0.1, 0.15) is 10.9 Å². The molecule has 1 fully saturated rings. The molecular formula is C17H19N5OS. The molecule has 1 N–H and O–H groups in total. The fourth-order valence-corrected chi connectivity index (χ4v) is 4.04. The number of benzene rings is 1. The lowest BCUT2D eigenvalue weighted by molar-refractivity contribution is -0.119. The molecule has 1 aromatic carbocycles. The molecule has 2 heterocycles. The number of nitrogens with one attached hydrogen (secondary N) is 1. The maximum atomic E-state index is 12.2. The van der Waals surface area contributed by atoms with E-state index in [1.165, 1.54) is 24.6 Å². The smallest absolute Gasteiger partial charge is 0.230 e. The Morgan fingerprint density at radius 2 is 2.08 bits per heavy atom. The summed E-state index contributed by atoms with van der Waals surface area (Å²) in [5, 5.41) is 12.3. The number of aryl methyl sites for hydroxylation is 1. The summed E-state index contributed by atoms with van der Waals surface area (Å²) in [5.41, 5.74) is 2.58. The molecule has 7 heteroatoms. The summed E-state index contributed by atoms with van der Waals surface area (Å²) in [6.07, 6.45) is 4.62. The van der Waals surface area contributed by atoms with Gasteiger partial charge in [-0.05, 0) is 31.9 Å². The average molecular weight is 341 g/mol. The monoisotopic (exact) mass is 341 g/mol. The minimum atomic E-state index is 0.0660. The zero-order valence-electron chi connectivity index (χ0n) is 13.5. The largest absolute Gasteiger partial charge is 0.353 e. The molecule has 1 aliphatic carbocycles. The van der Waals surface area contributed by atoms with Gasteiger partial charge >= 0.3 is 0 Å². The first kappa shape index (κ1) is 15.4. The van der Waals surface area contributed by atoms with Crippen LogP contribution in [0, 0.1) is 6.92 Å². The average Bonchev–Trinajstić information content (AvgIpc) is 3.23. The first-order valence-electron chi connectivity index (χ1n) is 8.25. The van der Waals surface area contributed by atoms with Crippen LogP contribution in [0.25, 0.3) is 16.7 Å². The van der Waals surface area contributed by atoms with Gasteiger partial charge in [0.15, 0.2) is 5.65 Å². The summed E-state index contributed by atoms with van der Waals surface area (Å²) in [5.74, 6) is 1.24. The van der Waals surface area contributed by atoms with E-state index in [1.54, 1.807) is 0 Å². The van der Waals surface area contributed by atoms with Crippen molar-refractivity contribution in [3.05, 3.63) is 30.1 Å². The van der Waals surface area contributed by atoms with Crippen molar-refractivity contribution in [3.63, 3.8) is 0 Å². The molecule has 0 unspecified atom stereocenters. The first-order chi connectivity index (χ1) is 11.7. The first-order valence-corrected chi connectivity index (χ1v) is 9.23. The molecule has 1 aliphatic rings. The standard InChI is InChI=1S/C17H19N5OS/c1-11-20-21-16-17(19-13-8-4-5-9-14(13)22(11)16)24-10-15(23)18-12-6-2-3-7-12/h4-5,8-9,12H,2-3,6-7,10H2,1H3,(H,18,23). The molecule has 124 valence electrons. The Balaban J connectivity index is 1.60. The number of fused-ring (bicyclic) bond motifs is 3. The number of thioether (sulfide) groups is 1. The number of hydrogen-bond donors (Lipinski definition) is 1. The molecule has 0 saturated heterocycles. The minimum Gasteiger partial charge on any atom is -0.353 e. The molecule has 0 radical (unpaired) electrons. The molecule has 6 nitrogen and oxygen atoms in total. The Bertz CT molecular complexity index is 901. The fraction of sp³-hybridized carbons (Fsp3) is 0.412. The summed E-state index contributed by atoms with van der Waals surface area (Å²) >= 11 is 1.42. The highest BCUT2D eigenvalue weighted by atomic mass is 32.2. The summed E-state index contributed by atoms with van der Waals surface area (Å²) in [6, 6.07) is 8.26. The third kappa shape index (κ3) is 2.84. The second kappa shape index (κ2) is 6.39. The van der Waals surface area contributed by atoms with Crippen LogP contribution in [0.1, 0.15) is 31.5 Å². The van der Waals surface area contributed by atoms with Gasteiger partial charge in [-0.15, -0.1) is 10.2 Å². The van der Waals surface area contributed by atoms with E-state index in [1.807, 2.05) is 35.6 Å². The van der Waals surface area contributed by atoms with E-state index < -0.39 is 0 Å². The lowest BCUT2D eigenvalue weighted by atomic mass is 10.2. The van der Waals surface area contributed by atoms with Crippen LogP contribution in [0.15, 0.2) is 29.3 Å². The van der Waals surface area contributed by atoms with Crippen molar-refractivity contribution >= 4 is 34.3 Å². The highest BCUT2D eigenvalue weighted by molar-refractivity contribution is 8.00. The molecule has 0 aliphatic heterocycles. The Labute approximate surface area is 144 Å². The zero-order chi connectivity index (χ0) is 16.5. The molecule has 0 bridgehead atoms. The zero-order valence-corrected chi connectivity index (χ0v) is 14.3. The molecule has 24 heavy (non-hydrogen) atoms. The van der Waals surface area contributed by atoms with Crippen molar-refractivity contribution in [2.75, 3.05) is 5.75 Å². The van der Waals surface area contributed by atoms with Crippen LogP contribution in [-0.2, 0) is 4.79 Å². The van der Waals surface area contributed by atoms with Crippen LogP contribution in [0.4, 0.5) is 0 Å². The summed E-state index contributed by atoms with van der Waals surface area (Å²) < 4.78 is 2.00. The molecule has 0 atom stereocenters. The number of hydrogen-bond acceptors (Lipinski definition) is 5. The highest BCUT2D eigenvalue weighted by Crippen LogP contribution is 2.25. The number of aromatic nitrogens is 4. The van der Waals surface area contributed by atoms with E-state index in [-0.39, 0.29) is 5.91 Å². The van der Waals surface area contributed by atoms with Crippen molar-refractivity contribution in [2.24, 2.45) is 0 Å². The Hall–Kier alpha value is -2.15. The third-order valence-electron chi connectivity index (χ3n) is 4.42. The molecule has 2 aromatic heterocycles. The van der Waals surface area contributed by atoms with E-state index in [0.717, 1.165) is 34.7 Å². The van der Waals surface area contributed by atoms with Crippen LogP contribution in [0.5, 0.6) is 0 Å². The van der Waals surface area contributed by atoms with Crippen molar-refractivity contribution in [2.45, 2.75) is 43.7 Å². The van der Waals surface area contributed by atoms with Gasteiger partial charge in [-0.2, -0.15) is 0 Å². The van der Waals surface area contributed by atoms with E-state index >= 15 is 0 Å². The van der Waals surface area contributed by atoms with Crippen molar-refractivity contribution in [1.29, 1.82) is 0 Å². The van der Waals surface area contributed by atoms with E-state index in [2.05, 4.69) is 20.5 Å². The number of amides is 1. The van der Waals surface area contributed by atoms with Crippen LogP contribution >= 0.6 is 11.8 Å². The van der Waals surface area contributed by atoms with Crippen molar-refractivity contribution in [1.82, 2.24) is 24.9 Å². The lowest BCUT2D eigenvalue weighted by Gasteiger charge is -2.11. The number of nitrogens with zero attached hydrogens (tertiary/aromatic N) is 4. The van der Waals surface area contributed by atoms with Crippen molar-refractivity contribution in [3.8, 4) is 0 Å². The van der Waals surface area contributed by atoms with E-state index in [4.69, 9.17) is 0 Å². The molecule has 1 saturated carbocycles. The quantitative estimate of drug-likeness (QED) is 0.739. The molecule has 0 spiro atoms. The molecule has 4 rings (SSSR count). The fourth-order valence-electron chi connectivity index (χ4n) is 3.27. The normalized spacial score (nSPS) is 15.4. The number of para-hydroxylation sites is 2. The maximum absolute atomic E-state index is 12.2. The van der Waals surface area contributed by atoms with Crippen LogP contribution in [-0.4, -0.2) is 37.3 Å². The van der Waals surface area contributed by atoms with Crippen molar-refractivity contribution < 1.29 is 4.79 Å². The summed E-state index contributed by atoms with van der Waals surface area (Å²) in [6.45, 7) is 1.92. The van der Waals surface area contributed by atoms with Gasteiger partial charge in [-0.3, -0.25) is 9.20 Å². The predicted octanol–water partition coefficient (Wildman–Crippen LogP) is 2.74. The summed E-state index contributed by atoms with van der Waals surface area (Å²) in [4.78, 5) is 16.9. The van der Waals surface area contributed by atoms with Crippen LogP contribution in [0.2, 0.25) is 0 Å². The van der Waals surface area contributed by atoms with Gasteiger partial charge in [0.2, 0.25) is 5.91 Å². The third-order valence-corrected chi connectivity index (χ3v) is 5.37. The molecule has 1 amide bonds. The number of carbonyl (C=O) groups is 1. The Morgan fingerprint density at radius 1 is 1.29 bits per heavy atom.